The van der Waals surface area contributed by atoms with E-state index in [0.717, 1.165) is 13.2 Å². The molecule has 2 heteroatoms. The molecule has 9 heavy (non-hydrogen) atoms. The zero-order valence-electron chi connectivity index (χ0n) is 5.97. The van der Waals surface area contributed by atoms with Crippen molar-refractivity contribution in [2.75, 3.05) is 20.3 Å². The molecule has 2 nitrogen and oxygen atoms in total. The molecule has 1 heterocycles. The van der Waals surface area contributed by atoms with E-state index in [9.17, 15) is 0 Å². The Hall–Kier alpha value is -0.0800. The van der Waals surface area contributed by atoms with Gasteiger partial charge in [0, 0.05) is 20.2 Å². The molecule has 0 aromatic heterocycles. The molecule has 53 valence electrons. The van der Waals surface area contributed by atoms with Crippen molar-refractivity contribution in [1.82, 2.24) is 4.90 Å². The van der Waals surface area contributed by atoms with Gasteiger partial charge in [-0.1, -0.05) is 0 Å². The monoisotopic (exact) mass is 128 g/mol. The van der Waals surface area contributed by atoms with Gasteiger partial charge in [0.15, 0.2) is 0 Å². The summed E-state index contributed by atoms with van der Waals surface area (Å²) in [4.78, 5) is 2.11. The summed E-state index contributed by atoms with van der Waals surface area (Å²) in [6.07, 6.45) is 2.52. The highest BCUT2D eigenvalue weighted by Crippen LogP contribution is 2.14. The number of hydrogen-bond acceptors (Lipinski definition) is 2. The van der Waals surface area contributed by atoms with Gasteiger partial charge in [0.05, 0.1) is 6.61 Å². The largest absolute Gasteiger partial charge is 0.383 e. The van der Waals surface area contributed by atoms with Gasteiger partial charge in [-0.05, 0) is 19.4 Å². The van der Waals surface area contributed by atoms with Crippen LogP contribution in [0.4, 0.5) is 0 Å². The summed E-state index contributed by atoms with van der Waals surface area (Å²) in [5.74, 6) is 0. The van der Waals surface area contributed by atoms with Crippen LogP contribution in [0.25, 0.3) is 0 Å². The van der Waals surface area contributed by atoms with E-state index < -0.39 is 0 Å². The van der Waals surface area contributed by atoms with E-state index in [0.29, 0.717) is 6.04 Å². The number of methoxy groups -OCH3 is 1. The average molecular weight is 128 g/mol. The Morgan fingerprint density at radius 3 is 3.00 bits per heavy atom. The fourth-order valence-electron chi connectivity index (χ4n) is 1.28. The Labute approximate surface area is 56.8 Å². The highest BCUT2D eigenvalue weighted by atomic mass is 16.5. The molecule has 0 spiro atoms. The van der Waals surface area contributed by atoms with Crippen LogP contribution in [-0.2, 0) is 4.74 Å². The van der Waals surface area contributed by atoms with E-state index in [1.54, 1.807) is 7.11 Å². The second kappa shape index (κ2) is 3.18. The fourth-order valence-corrected chi connectivity index (χ4v) is 1.28. The predicted octanol–water partition coefficient (Wildman–Crippen LogP) is 0.889. The van der Waals surface area contributed by atoms with Crippen molar-refractivity contribution in [3.05, 3.63) is 7.05 Å². The summed E-state index contributed by atoms with van der Waals surface area (Å²) in [5, 5.41) is 0. The third kappa shape index (κ3) is 1.66. The lowest BCUT2D eigenvalue weighted by molar-refractivity contribution is 0.136. The maximum atomic E-state index is 5.01. The fraction of sp³-hybridized carbons (Fsp3) is 0.857. The lowest BCUT2D eigenvalue weighted by Gasteiger charge is -2.17. The molecule has 1 aliphatic heterocycles. The van der Waals surface area contributed by atoms with Crippen molar-refractivity contribution in [2.45, 2.75) is 18.9 Å². The Bertz CT molecular complexity index is 85.0. The summed E-state index contributed by atoms with van der Waals surface area (Å²) < 4.78 is 5.01. The van der Waals surface area contributed by atoms with Crippen molar-refractivity contribution >= 4 is 0 Å². The molecule has 0 bridgehead atoms. The molecule has 0 amide bonds. The first-order valence-electron chi connectivity index (χ1n) is 3.40. The van der Waals surface area contributed by atoms with E-state index in [1.807, 2.05) is 0 Å². The first-order chi connectivity index (χ1) is 4.34. The van der Waals surface area contributed by atoms with Crippen molar-refractivity contribution in [2.24, 2.45) is 0 Å². The Balaban J connectivity index is 2.22. The minimum Gasteiger partial charge on any atom is -0.383 e. The van der Waals surface area contributed by atoms with Crippen LogP contribution >= 0.6 is 0 Å². The second-order valence-electron chi connectivity index (χ2n) is 2.56. The summed E-state index contributed by atoms with van der Waals surface area (Å²) in [6, 6.07) is 0.579. The van der Waals surface area contributed by atoms with Crippen LogP contribution < -0.4 is 0 Å². The maximum Gasteiger partial charge on any atom is 0.0618 e. The SMILES string of the molecule is [CH2]N1CCCC1COC. The standard InChI is InChI=1S/C7H14NO/c1-8-5-3-4-7(8)6-9-2/h7H,1,3-6H2,2H3. The average Bonchev–Trinajstić information content (AvgIpc) is 2.18. The summed E-state index contributed by atoms with van der Waals surface area (Å²) in [6.45, 7) is 1.97. The quantitative estimate of drug-likeness (QED) is 0.547. The van der Waals surface area contributed by atoms with Crippen LogP contribution in [0.5, 0.6) is 0 Å². The van der Waals surface area contributed by atoms with Gasteiger partial charge in [-0.2, -0.15) is 0 Å². The third-order valence-corrected chi connectivity index (χ3v) is 1.86. The van der Waals surface area contributed by atoms with Gasteiger partial charge in [-0.3, -0.25) is 4.90 Å². The van der Waals surface area contributed by atoms with Gasteiger partial charge in [-0.25, -0.2) is 0 Å². The summed E-state index contributed by atoms with van der Waals surface area (Å²) >= 11 is 0. The van der Waals surface area contributed by atoms with Crippen LogP contribution in [-0.4, -0.2) is 31.2 Å². The number of rotatable bonds is 2. The molecule has 1 unspecified atom stereocenters. The van der Waals surface area contributed by atoms with Crippen LogP contribution in [0.2, 0.25) is 0 Å². The predicted molar refractivity (Wildman–Crippen MR) is 37.0 cm³/mol. The van der Waals surface area contributed by atoms with Crippen LogP contribution in [0.15, 0.2) is 0 Å². The Morgan fingerprint density at radius 1 is 1.78 bits per heavy atom. The molecule has 1 fully saturated rings. The first kappa shape index (κ1) is 7.03. The molecule has 0 aromatic carbocycles. The maximum absolute atomic E-state index is 5.01. The third-order valence-electron chi connectivity index (χ3n) is 1.86. The van der Waals surface area contributed by atoms with Gasteiger partial charge >= 0.3 is 0 Å². The summed E-state index contributed by atoms with van der Waals surface area (Å²) in [7, 11) is 5.63. The molecule has 1 rings (SSSR count). The van der Waals surface area contributed by atoms with Gasteiger partial charge < -0.3 is 4.74 Å². The van der Waals surface area contributed by atoms with E-state index in [1.165, 1.54) is 12.8 Å². The van der Waals surface area contributed by atoms with Gasteiger partial charge in [0.25, 0.3) is 0 Å². The van der Waals surface area contributed by atoms with Crippen LogP contribution in [0.1, 0.15) is 12.8 Å². The number of nitrogens with zero attached hydrogens (tertiary/aromatic N) is 1. The number of ether oxygens (including phenoxy) is 1. The lowest BCUT2D eigenvalue weighted by atomic mass is 10.2. The molecule has 0 aliphatic carbocycles. The topological polar surface area (TPSA) is 12.5 Å². The Morgan fingerprint density at radius 2 is 2.56 bits per heavy atom. The van der Waals surface area contributed by atoms with E-state index in [2.05, 4.69) is 11.9 Å². The summed E-state index contributed by atoms with van der Waals surface area (Å²) in [5.41, 5.74) is 0. The highest BCUT2D eigenvalue weighted by Gasteiger charge is 2.19. The lowest BCUT2D eigenvalue weighted by Crippen LogP contribution is -2.26. The van der Waals surface area contributed by atoms with Gasteiger partial charge in [0.2, 0.25) is 0 Å². The van der Waals surface area contributed by atoms with E-state index in [-0.39, 0.29) is 0 Å². The van der Waals surface area contributed by atoms with Crippen molar-refractivity contribution in [3.8, 4) is 0 Å². The molecule has 0 aromatic rings. The molecular weight excluding hydrogens is 114 g/mol. The highest BCUT2D eigenvalue weighted by molar-refractivity contribution is 4.77. The van der Waals surface area contributed by atoms with E-state index >= 15 is 0 Å². The van der Waals surface area contributed by atoms with Crippen molar-refractivity contribution < 1.29 is 4.74 Å². The smallest absolute Gasteiger partial charge is 0.0618 e. The molecule has 1 atom stereocenters. The number of hydrogen-bond donors (Lipinski definition) is 0. The van der Waals surface area contributed by atoms with Crippen molar-refractivity contribution in [1.29, 1.82) is 0 Å². The molecular formula is C7H14NO. The van der Waals surface area contributed by atoms with E-state index in [4.69, 9.17) is 4.74 Å². The van der Waals surface area contributed by atoms with Crippen LogP contribution in [0, 0.1) is 7.05 Å². The van der Waals surface area contributed by atoms with Gasteiger partial charge in [-0.15, -0.1) is 0 Å². The molecule has 1 radical (unpaired) electrons. The van der Waals surface area contributed by atoms with Crippen LogP contribution in [0.3, 0.4) is 0 Å². The minimum atomic E-state index is 0.579. The van der Waals surface area contributed by atoms with Crippen molar-refractivity contribution in [3.63, 3.8) is 0 Å². The zero-order valence-corrected chi connectivity index (χ0v) is 5.97. The Kier molecular flexibility index (Phi) is 2.49. The molecule has 0 N–H and O–H groups in total. The van der Waals surface area contributed by atoms with Gasteiger partial charge in [0.1, 0.15) is 0 Å². The molecule has 1 saturated heterocycles. The first-order valence-corrected chi connectivity index (χ1v) is 3.40. The normalized spacial score (nSPS) is 29.3. The minimum absolute atomic E-state index is 0.579. The number of likely N-dealkylation sites (tertiary alicyclic amines) is 1. The molecule has 1 aliphatic rings. The molecule has 0 saturated carbocycles. The zero-order chi connectivity index (χ0) is 6.69. The second-order valence-corrected chi connectivity index (χ2v) is 2.56.